The highest BCUT2D eigenvalue weighted by atomic mass is 16.5. The molecule has 0 aliphatic rings. The van der Waals surface area contributed by atoms with Gasteiger partial charge < -0.3 is 38.0 Å². The number of rotatable bonds is 5. The lowest BCUT2D eigenvalue weighted by molar-refractivity contribution is 0.406. The van der Waals surface area contributed by atoms with E-state index < -0.39 is 5.43 Å². The minimum absolute atomic E-state index is 0.0502. The molecule has 214 valence electrons. The third kappa shape index (κ3) is 3.72. The largest absolute Gasteiger partial charge is 0.507 e. The van der Waals surface area contributed by atoms with Crippen LogP contribution < -0.4 is 29.8 Å². The smallest absolute Gasteiger partial charge is 0.196 e. The fraction of sp³-hybridized carbons (Fsp3) is 0.188. The molecule has 0 atom stereocenters. The molecule has 2 aromatic heterocycles. The predicted molar refractivity (Wildman–Crippen MR) is 158 cm³/mol. The van der Waals surface area contributed by atoms with Gasteiger partial charge in [0.15, 0.2) is 16.4 Å². The third-order valence-electron chi connectivity index (χ3n) is 7.36. The van der Waals surface area contributed by atoms with Gasteiger partial charge in [-0.3, -0.25) is 9.59 Å². The maximum Gasteiger partial charge on any atom is 0.196 e. The molecule has 42 heavy (non-hydrogen) atoms. The maximum atomic E-state index is 13.4. The molecule has 0 saturated heterocycles. The molecule has 0 bridgehead atoms. The van der Waals surface area contributed by atoms with Crippen LogP contribution >= 0.6 is 0 Å². The Bertz CT molecular complexity index is 2220. The lowest BCUT2D eigenvalue weighted by Gasteiger charge is -2.21. The summed E-state index contributed by atoms with van der Waals surface area (Å²) in [6.07, 6.45) is 0. The van der Waals surface area contributed by atoms with Crippen LogP contribution in [0.2, 0.25) is 0 Å². The monoisotopic (exact) mass is 570 g/mol. The zero-order chi connectivity index (χ0) is 30.0. The molecule has 0 unspecified atom stereocenters. The van der Waals surface area contributed by atoms with E-state index >= 15 is 0 Å². The number of fused-ring (bicyclic) bond motifs is 4. The zero-order valence-electron chi connectivity index (χ0n) is 23.6. The van der Waals surface area contributed by atoms with Gasteiger partial charge in [0.1, 0.15) is 62.4 Å². The van der Waals surface area contributed by atoms with Gasteiger partial charge >= 0.3 is 0 Å². The van der Waals surface area contributed by atoms with Gasteiger partial charge in [-0.1, -0.05) is 0 Å². The average molecular weight is 571 g/mol. The van der Waals surface area contributed by atoms with Gasteiger partial charge in [0.2, 0.25) is 0 Å². The third-order valence-corrected chi connectivity index (χ3v) is 7.36. The number of benzene rings is 4. The van der Waals surface area contributed by atoms with Crippen LogP contribution in [0.25, 0.3) is 54.6 Å². The number of aryl methyl sites for hydroxylation is 2. The van der Waals surface area contributed by atoms with Crippen molar-refractivity contribution in [3.8, 4) is 45.6 Å². The fourth-order valence-electron chi connectivity index (χ4n) is 5.70. The summed E-state index contributed by atoms with van der Waals surface area (Å²) in [5, 5.41) is 24.6. The molecule has 6 aromatic rings. The summed E-state index contributed by atoms with van der Waals surface area (Å²) in [6.45, 7) is 3.29. The summed E-state index contributed by atoms with van der Waals surface area (Å²) in [7, 11) is 5.65. The Labute approximate surface area is 237 Å². The molecule has 0 radical (unpaired) electrons. The van der Waals surface area contributed by atoms with Gasteiger partial charge in [0, 0.05) is 29.1 Å². The van der Waals surface area contributed by atoms with E-state index in [1.165, 1.54) is 46.6 Å². The number of methoxy groups -OCH3 is 4. The molecule has 0 spiro atoms. The van der Waals surface area contributed by atoms with Crippen LogP contribution in [0.1, 0.15) is 11.5 Å². The summed E-state index contributed by atoms with van der Waals surface area (Å²) in [4.78, 5) is 26.5. The SMILES string of the molecule is COc1cc(O)c2c(OC)c3c(=O)cc(C)oc3c(-c3c(OC)cc4cc5oc(C)cc(=O)c5c(OC)c4c3O)c2c1. The first-order valence-electron chi connectivity index (χ1n) is 12.8. The molecule has 0 fully saturated rings. The van der Waals surface area contributed by atoms with E-state index in [1.807, 2.05) is 0 Å². The van der Waals surface area contributed by atoms with Gasteiger partial charge in [-0.2, -0.15) is 0 Å². The molecule has 10 heteroatoms. The van der Waals surface area contributed by atoms with Crippen LogP contribution in [-0.4, -0.2) is 38.7 Å². The van der Waals surface area contributed by atoms with E-state index in [1.54, 1.807) is 32.0 Å². The molecule has 4 aromatic carbocycles. The summed E-state index contributed by atoms with van der Waals surface area (Å²) < 4.78 is 34.5. The Hall–Kier alpha value is -5.38. The molecular formula is C32H26O10. The molecule has 10 nitrogen and oxygen atoms in total. The van der Waals surface area contributed by atoms with Gasteiger partial charge in [-0.05, 0) is 37.4 Å². The highest BCUT2D eigenvalue weighted by Crippen LogP contribution is 2.54. The van der Waals surface area contributed by atoms with E-state index in [0.717, 1.165) is 0 Å². The Morgan fingerprint density at radius 2 is 1.29 bits per heavy atom. The number of hydrogen-bond acceptors (Lipinski definition) is 10. The summed E-state index contributed by atoms with van der Waals surface area (Å²) in [5.74, 6) is 0.868. The number of phenols is 2. The Kier molecular flexibility index (Phi) is 6.14. The average Bonchev–Trinajstić information content (AvgIpc) is 2.94. The summed E-state index contributed by atoms with van der Waals surface area (Å²) >= 11 is 0. The maximum absolute atomic E-state index is 13.4. The van der Waals surface area contributed by atoms with E-state index in [2.05, 4.69) is 0 Å². The normalized spacial score (nSPS) is 11.5. The van der Waals surface area contributed by atoms with E-state index in [4.69, 9.17) is 27.8 Å². The molecule has 6 rings (SSSR count). The van der Waals surface area contributed by atoms with Crippen molar-refractivity contribution in [2.45, 2.75) is 13.8 Å². The number of phenolic OH excluding ortho intramolecular Hbond substituents is 2. The van der Waals surface area contributed by atoms with Crippen molar-refractivity contribution in [3.05, 3.63) is 68.4 Å². The Morgan fingerprint density at radius 3 is 1.93 bits per heavy atom. The first kappa shape index (κ1) is 26.8. The van der Waals surface area contributed by atoms with Crippen molar-refractivity contribution in [1.29, 1.82) is 0 Å². The highest BCUT2D eigenvalue weighted by Gasteiger charge is 2.29. The topological polar surface area (TPSA) is 138 Å². The number of aromatic hydroxyl groups is 2. The van der Waals surface area contributed by atoms with Crippen LogP contribution in [0.4, 0.5) is 0 Å². The second-order valence-electron chi connectivity index (χ2n) is 9.81. The first-order chi connectivity index (χ1) is 20.1. The van der Waals surface area contributed by atoms with Gasteiger partial charge in [0.05, 0.1) is 44.8 Å². The molecule has 0 saturated carbocycles. The van der Waals surface area contributed by atoms with Gasteiger partial charge in [0.25, 0.3) is 0 Å². The molecule has 0 aliphatic heterocycles. The Morgan fingerprint density at radius 1 is 0.643 bits per heavy atom. The summed E-state index contributed by atoms with van der Waals surface area (Å²) in [5.41, 5.74) is -0.0564. The molecular weight excluding hydrogens is 544 g/mol. The van der Waals surface area contributed by atoms with Crippen LogP contribution in [0.5, 0.6) is 34.5 Å². The fourth-order valence-corrected chi connectivity index (χ4v) is 5.70. The Balaban J connectivity index is 1.94. The quantitative estimate of drug-likeness (QED) is 0.240. The minimum Gasteiger partial charge on any atom is -0.507 e. The van der Waals surface area contributed by atoms with Crippen molar-refractivity contribution in [2.24, 2.45) is 0 Å². The van der Waals surface area contributed by atoms with Crippen LogP contribution in [0.15, 0.2) is 54.8 Å². The van der Waals surface area contributed by atoms with Gasteiger partial charge in [-0.15, -0.1) is 0 Å². The van der Waals surface area contributed by atoms with E-state index in [-0.39, 0.29) is 78.0 Å². The standard InChI is InChI=1S/C32H26O10/c1-13-7-18(33)26-22(41-13)10-15-9-21(38-4)28(29(36)23(15)30(26)39-5)25-17-11-16(37-3)12-20(35)24(17)31(40-6)27-19(34)8-14(2)42-32(25)27/h7-12,35-36H,1-6H3. The van der Waals surface area contributed by atoms with E-state index in [9.17, 15) is 19.8 Å². The molecule has 0 amide bonds. The van der Waals surface area contributed by atoms with Crippen molar-refractivity contribution in [1.82, 2.24) is 0 Å². The lowest BCUT2D eigenvalue weighted by atomic mass is 9.90. The second-order valence-corrected chi connectivity index (χ2v) is 9.81. The molecule has 2 N–H and O–H groups in total. The van der Waals surface area contributed by atoms with E-state index in [0.29, 0.717) is 28.0 Å². The number of hydrogen-bond donors (Lipinski definition) is 2. The molecule has 0 aliphatic carbocycles. The van der Waals surface area contributed by atoms with Crippen LogP contribution in [0, 0.1) is 13.8 Å². The first-order valence-corrected chi connectivity index (χ1v) is 12.8. The highest BCUT2D eigenvalue weighted by molar-refractivity contribution is 6.20. The van der Waals surface area contributed by atoms with Crippen LogP contribution in [0.3, 0.4) is 0 Å². The molecule has 2 heterocycles. The van der Waals surface area contributed by atoms with Crippen LogP contribution in [-0.2, 0) is 0 Å². The van der Waals surface area contributed by atoms with Crippen molar-refractivity contribution < 1.29 is 38.0 Å². The minimum atomic E-state index is -0.417. The summed E-state index contributed by atoms with van der Waals surface area (Å²) in [6, 6.07) is 8.96. The van der Waals surface area contributed by atoms with Crippen molar-refractivity contribution >= 4 is 43.5 Å². The lowest BCUT2D eigenvalue weighted by Crippen LogP contribution is -2.06. The second kappa shape index (κ2) is 9.62. The predicted octanol–water partition coefficient (Wildman–Crippen LogP) is 5.94. The van der Waals surface area contributed by atoms with Crippen molar-refractivity contribution in [2.75, 3.05) is 28.4 Å². The van der Waals surface area contributed by atoms with Crippen molar-refractivity contribution in [3.63, 3.8) is 0 Å². The zero-order valence-corrected chi connectivity index (χ0v) is 23.6. The van der Waals surface area contributed by atoms with Gasteiger partial charge in [-0.25, -0.2) is 0 Å². The number of ether oxygens (including phenoxy) is 4.